The number of carbonyl (C=O) groups excluding carboxylic acids is 1. The molecule has 2 aromatic rings. The predicted octanol–water partition coefficient (Wildman–Crippen LogP) is 3.57. The van der Waals surface area contributed by atoms with Gasteiger partial charge in [0.1, 0.15) is 11.9 Å². The number of rotatable bonds is 3. The first-order valence-electron chi connectivity index (χ1n) is 6.78. The third kappa shape index (κ3) is 4.95. The van der Waals surface area contributed by atoms with Gasteiger partial charge in [0, 0.05) is 4.88 Å². The molecule has 1 atom stereocenters. The summed E-state index contributed by atoms with van der Waals surface area (Å²) in [5.74, 6) is 5.36. The van der Waals surface area contributed by atoms with Crippen LogP contribution in [-0.2, 0) is 0 Å². The van der Waals surface area contributed by atoms with E-state index in [0.29, 0.717) is 5.06 Å². The lowest BCUT2D eigenvalue weighted by atomic mass is 10.2. The molecule has 0 bridgehead atoms. The summed E-state index contributed by atoms with van der Waals surface area (Å²) in [5.41, 5.74) is 5.85. The molecular formula is C17H15FN2O2S. The van der Waals surface area contributed by atoms with E-state index in [1.165, 1.54) is 23.5 Å². The van der Waals surface area contributed by atoms with Gasteiger partial charge < -0.3 is 5.73 Å². The Bertz CT molecular complexity index is 772. The van der Waals surface area contributed by atoms with Crippen molar-refractivity contribution in [3.05, 3.63) is 57.5 Å². The van der Waals surface area contributed by atoms with Gasteiger partial charge in [-0.3, -0.25) is 5.21 Å². The SMILES string of the molecule is CC(C#Cc1ccc(/C=C/c2ccc(F)cc2)s1)N(O)C(N)=O. The maximum absolute atomic E-state index is 12.8. The molecule has 0 aliphatic carbocycles. The fourth-order valence-corrected chi connectivity index (χ4v) is 2.46. The molecule has 0 spiro atoms. The molecule has 0 aliphatic rings. The van der Waals surface area contributed by atoms with E-state index in [1.54, 1.807) is 19.1 Å². The highest BCUT2D eigenvalue weighted by Crippen LogP contribution is 2.18. The summed E-state index contributed by atoms with van der Waals surface area (Å²) in [7, 11) is 0. The average Bonchev–Trinajstić information content (AvgIpc) is 2.99. The van der Waals surface area contributed by atoms with Gasteiger partial charge in [-0.25, -0.2) is 9.18 Å². The Hall–Kier alpha value is -2.62. The molecule has 4 nitrogen and oxygen atoms in total. The molecule has 23 heavy (non-hydrogen) atoms. The molecule has 1 heterocycles. The molecule has 0 fully saturated rings. The van der Waals surface area contributed by atoms with Gasteiger partial charge >= 0.3 is 6.03 Å². The van der Waals surface area contributed by atoms with Crippen molar-refractivity contribution >= 4 is 29.5 Å². The first kappa shape index (κ1) is 16.7. The van der Waals surface area contributed by atoms with E-state index >= 15 is 0 Å². The Morgan fingerprint density at radius 1 is 1.30 bits per heavy atom. The fourth-order valence-electron chi connectivity index (χ4n) is 1.69. The van der Waals surface area contributed by atoms with E-state index < -0.39 is 12.1 Å². The fraction of sp³-hybridized carbons (Fsp3) is 0.118. The largest absolute Gasteiger partial charge is 0.350 e. The van der Waals surface area contributed by atoms with Crippen LogP contribution in [-0.4, -0.2) is 22.3 Å². The number of halogens is 1. The third-order valence-electron chi connectivity index (χ3n) is 2.93. The summed E-state index contributed by atoms with van der Waals surface area (Å²) in [6.07, 6.45) is 3.79. The van der Waals surface area contributed by atoms with Crippen molar-refractivity contribution in [2.45, 2.75) is 13.0 Å². The maximum atomic E-state index is 12.8. The first-order chi connectivity index (χ1) is 11.0. The van der Waals surface area contributed by atoms with E-state index in [-0.39, 0.29) is 5.82 Å². The van der Waals surface area contributed by atoms with Crippen molar-refractivity contribution in [2.24, 2.45) is 5.73 Å². The molecule has 0 saturated carbocycles. The lowest BCUT2D eigenvalue weighted by molar-refractivity contribution is -0.0536. The predicted molar refractivity (Wildman–Crippen MR) is 89.2 cm³/mol. The van der Waals surface area contributed by atoms with Crippen LogP contribution in [0.4, 0.5) is 9.18 Å². The smallest absolute Gasteiger partial charge is 0.339 e. The molecule has 0 aliphatic heterocycles. The molecule has 1 aromatic heterocycles. The highest BCUT2D eigenvalue weighted by Gasteiger charge is 2.11. The van der Waals surface area contributed by atoms with Gasteiger partial charge in [-0.15, -0.1) is 11.3 Å². The number of hydrogen-bond donors (Lipinski definition) is 2. The van der Waals surface area contributed by atoms with Gasteiger partial charge in [-0.05, 0) is 42.8 Å². The minimum Gasteiger partial charge on any atom is -0.350 e. The Morgan fingerprint density at radius 3 is 2.65 bits per heavy atom. The zero-order valence-corrected chi connectivity index (χ0v) is 13.2. The maximum Gasteiger partial charge on any atom is 0.339 e. The molecule has 1 aromatic carbocycles. The van der Waals surface area contributed by atoms with Crippen LogP contribution in [0.25, 0.3) is 12.2 Å². The van der Waals surface area contributed by atoms with Gasteiger partial charge in [-0.2, -0.15) is 5.06 Å². The second kappa shape index (κ2) is 7.58. The topological polar surface area (TPSA) is 66.6 Å². The second-order valence-corrected chi connectivity index (χ2v) is 5.83. The standard InChI is InChI=1S/C17H15FN2O2S/c1-12(20(22)17(19)21)2-8-15-10-11-16(23-15)9-5-13-3-6-14(18)7-4-13/h3-7,9-12,22H,1H3,(H2,19,21)/b9-5+. The van der Waals surface area contributed by atoms with Crippen molar-refractivity contribution in [3.63, 3.8) is 0 Å². The molecule has 0 saturated heterocycles. The lowest BCUT2D eigenvalue weighted by Crippen LogP contribution is -2.38. The molecule has 2 rings (SSSR count). The summed E-state index contributed by atoms with van der Waals surface area (Å²) in [6.45, 7) is 1.57. The van der Waals surface area contributed by atoms with Crippen molar-refractivity contribution in [1.29, 1.82) is 0 Å². The number of urea groups is 1. The normalized spacial score (nSPS) is 11.8. The number of carbonyl (C=O) groups is 1. The Morgan fingerprint density at radius 2 is 2.00 bits per heavy atom. The highest BCUT2D eigenvalue weighted by molar-refractivity contribution is 7.13. The number of nitrogens with zero attached hydrogens (tertiary/aromatic N) is 1. The second-order valence-electron chi connectivity index (χ2n) is 4.72. The number of benzene rings is 1. The molecule has 118 valence electrons. The van der Waals surface area contributed by atoms with Crippen LogP contribution in [0.2, 0.25) is 0 Å². The van der Waals surface area contributed by atoms with E-state index in [2.05, 4.69) is 11.8 Å². The summed E-state index contributed by atoms with van der Waals surface area (Å²) in [6, 6.07) is 8.33. The number of hydroxylamine groups is 2. The average molecular weight is 330 g/mol. The van der Waals surface area contributed by atoms with Crippen LogP contribution < -0.4 is 5.73 Å². The van der Waals surface area contributed by atoms with E-state index in [4.69, 9.17) is 5.73 Å². The summed E-state index contributed by atoms with van der Waals surface area (Å²) in [4.78, 5) is 12.6. The Balaban J connectivity index is 2.04. The van der Waals surface area contributed by atoms with Crippen molar-refractivity contribution in [1.82, 2.24) is 5.06 Å². The highest BCUT2D eigenvalue weighted by atomic mass is 32.1. The molecular weight excluding hydrogens is 315 g/mol. The Kier molecular flexibility index (Phi) is 5.52. The Labute approximate surface area is 137 Å². The first-order valence-corrected chi connectivity index (χ1v) is 7.60. The van der Waals surface area contributed by atoms with Crippen LogP contribution in [0, 0.1) is 17.7 Å². The van der Waals surface area contributed by atoms with Gasteiger partial charge in [0.15, 0.2) is 0 Å². The molecule has 6 heteroatoms. The third-order valence-corrected chi connectivity index (χ3v) is 3.90. The van der Waals surface area contributed by atoms with Crippen molar-refractivity contribution in [2.75, 3.05) is 0 Å². The number of primary amides is 1. The van der Waals surface area contributed by atoms with E-state index in [9.17, 15) is 14.4 Å². The van der Waals surface area contributed by atoms with Crippen LogP contribution in [0.3, 0.4) is 0 Å². The summed E-state index contributed by atoms with van der Waals surface area (Å²) >= 11 is 1.47. The van der Waals surface area contributed by atoms with Crippen LogP contribution in [0.1, 0.15) is 22.2 Å². The number of nitrogens with two attached hydrogens (primary N) is 1. The zero-order valence-electron chi connectivity index (χ0n) is 12.4. The molecule has 2 amide bonds. The summed E-state index contributed by atoms with van der Waals surface area (Å²) in [5, 5.41) is 9.71. The van der Waals surface area contributed by atoms with Gasteiger partial charge in [0.2, 0.25) is 0 Å². The summed E-state index contributed by atoms with van der Waals surface area (Å²) < 4.78 is 12.8. The quantitative estimate of drug-likeness (QED) is 0.513. The molecule has 3 N–H and O–H groups in total. The van der Waals surface area contributed by atoms with Gasteiger partial charge in [-0.1, -0.05) is 30.0 Å². The van der Waals surface area contributed by atoms with Gasteiger partial charge in [0.05, 0.1) is 4.88 Å². The van der Waals surface area contributed by atoms with Crippen LogP contribution >= 0.6 is 11.3 Å². The van der Waals surface area contributed by atoms with E-state index in [0.717, 1.165) is 15.3 Å². The van der Waals surface area contributed by atoms with Crippen LogP contribution in [0.5, 0.6) is 0 Å². The zero-order chi connectivity index (χ0) is 16.8. The van der Waals surface area contributed by atoms with E-state index in [1.807, 2.05) is 24.3 Å². The lowest BCUT2D eigenvalue weighted by Gasteiger charge is -2.14. The van der Waals surface area contributed by atoms with Crippen molar-refractivity contribution in [3.8, 4) is 11.8 Å². The minimum atomic E-state index is -0.944. The number of hydrogen-bond acceptors (Lipinski definition) is 3. The number of thiophene rings is 1. The molecule has 0 radical (unpaired) electrons. The van der Waals surface area contributed by atoms with Gasteiger partial charge in [0.25, 0.3) is 0 Å². The monoisotopic (exact) mass is 330 g/mol. The number of amides is 2. The van der Waals surface area contributed by atoms with Crippen molar-refractivity contribution < 1.29 is 14.4 Å². The van der Waals surface area contributed by atoms with Crippen LogP contribution in [0.15, 0.2) is 36.4 Å². The molecule has 1 unspecified atom stereocenters. The minimum absolute atomic E-state index is 0.265.